The van der Waals surface area contributed by atoms with E-state index in [4.69, 9.17) is 4.74 Å². The van der Waals surface area contributed by atoms with E-state index in [1.54, 1.807) is 6.20 Å². The van der Waals surface area contributed by atoms with Crippen molar-refractivity contribution in [3.63, 3.8) is 0 Å². The molecule has 118 valence electrons. The number of carbonyl (C=O) groups excluding carboxylic acids is 1. The number of halogens is 1. The molecule has 0 aliphatic heterocycles. The highest BCUT2D eigenvalue weighted by atomic mass is 19.1. The number of carbonyl (C=O) groups is 1. The van der Waals surface area contributed by atoms with Crippen molar-refractivity contribution in [1.29, 1.82) is 0 Å². The molecule has 1 heterocycles. The third-order valence-electron chi connectivity index (χ3n) is 2.70. The van der Waals surface area contributed by atoms with Crippen molar-refractivity contribution in [2.75, 3.05) is 13.1 Å². The Labute approximate surface area is 125 Å². The molecule has 1 unspecified atom stereocenters. The van der Waals surface area contributed by atoms with Gasteiger partial charge in [0.15, 0.2) is 0 Å². The highest BCUT2D eigenvalue weighted by Crippen LogP contribution is 2.11. The molecule has 0 fully saturated rings. The molecule has 1 aromatic heterocycles. The van der Waals surface area contributed by atoms with Gasteiger partial charge in [-0.2, -0.15) is 0 Å². The van der Waals surface area contributed by atoms with Gasteiger partial charge in [-0.3, -0.25) is 4.98 Å². The third-order valence-corrected chi connectivity index (χ3v) is 2.70. The maximum atomic E-state index is 13.0. The molecule has 2 N–H and O–H groups in total. The molecule has 0 bridgehead atoms. The first-order valence-corrected chi connectivity index (χ1v) is 7.08. The van der Waals surface area contributed by atoms with Gasteiger partial charge in [0.25, 0.3) is 0 Å². The van der Waals surface area contributed by atoms with E-state index in [-0.39, 0.29) is 11.9 Å². The van der Waals surface area contributed by atoms with Crippen molar-refractivity contribution >= 4 is 6.09 Å². The number of hydrogen-bond acceptors (Lipinski definition) is 4. The van der Waals surface area contributed by atoms with Crippen LogP contribution in [0.1, 0.15) is 45.7 Å². The normalized spacial score (nSPS) is 12.8. The molecule has 0 saturated heterocycles. The van der Waals surface area contributed by atoms with E-state index in [9.17, 15) is 9.18 Å². The topological polar surface area (TPSA) is 63.2 Å². The first-order chi connectivity index (χ1) is 9.78. The number of nitrogens with one attached hydrogen (secondary N) is 2. The predicted molar refractivity (Wildman–Crippen MR) is 79.5 cm³/mol. The highest BCUT2D eigenvalue weighted by Gasteiger charge is 2.15. The summed E-state index contributed by atoms with van der Waals surface area (Å²) in [7, 11) is 0. The number of hydrogen-bond donors (Lipinski definition) is 2. The number of pyridine rings is 1. The molecule has 21 heavy (non-hydrogen) atoms. The van der Waals surface area contributed by atoms with Crippen LogP contribution in [0.5, 0.6) is 0 Å². The van der Waals surface area contributed by atoms with Crippen LogP contribution >= 0.6 is 0 Å². The molecular formula is C15H24FN3O2. The van der Waals surface area contributed by atoms with Gasteiger partial charge >= 0.3 is 6.09 Å². The predicted octanol–water partition coefficient (Wildman–Crippen LogP) is 2.79. The smallest absolute Gasteiger partial charge is 0.407 e. The fourth-order valence-electron chi connectivity index (χ4n) is 1.69. The van der Waals surface area contributed by atoms with Gasteiger partial charge in [-0.15, -0.1) is 0 Å². The Bertz CT molecular complexity index is 460. The summed E-state index contributed by atoms with van der Waals surface area (Å²) in [6.45, 7) is 8.63. The SMILES string of the molecule is CC(NCCCNC(=O)OC(C)(C)C)c1cncc(F)c1. The standard InChI is InChI=1S/C15H24FN3O2/c1-11(12-8-13(16)10-17-9-12)18-6-5-7-19-14(20)21-15(2,3)4/h8-11,18H,5-7H2,1-4H3,(H,19,20). The van der Waals surface area contributed by atoms with Crippen LogP contribution in [0.2, 0.25) is 0 Å². The Morgan fingerprint density at radius 2 is 2.10 bits per heavy atom. The average Bonchev–Trinajstić information content (AvgIpc) is 2.36. The summed E-state index contributed by atoms with van der Waals surface area (Å²) in [5.41, 5.74) is 0.316. The second-order valence-corrected chi connectivity index (χ2v) is 5.89. The molecular weight excluding hydrogens is 273 g/mol. The lowest BCUT2D eigenvalue weighted by Gasteiger charge is -2.19. The minimum absolute atomic E-state index is 0.00901. The summed E-state index contributed by atoms with van der Waals surface area (Å²) in [5, 5.41) is 5.94. The van der Waals surface area contributed by atoms with Gasteiger partial charge in [0, 0.05) is 18.8 Å². The zero-order valence-corrected chi connectivity index (χ0v) is 13.1. The number of amides is 1. The Balaban J connectivity index is 2.18. The van der Waals surface area contributed by atoms with Crippen molar-refractivity contribution < 1.29 is 13.9 Å². The van der Waals surface area contributed by atoms with Crippen LogP contribution in [0.4, 0.5) is 9.18 Å². The summed E-state index contributed by atoms with van der Waals surface area (Å²) in [4.78, 5) is 15.2. The summed E-state index contributed by atoms with van der Waals surface area (Å²) in [5.74, 6) is -0.340. The quantitative estimate of drug-likeness (QED) is 0.793. The summed E-state index contributed by atoms with van der Waals surface area (Å²) >= 11 is 0. The zero-order valence-electron chi connectivity index (χ0n) is 13.1. The fourth-order valence-corrected chi connectivity index (χ4v) is 1.69. The van der Waals surface area contributed by atoms with E-state index < -0.39 is 11.7 Å². The lowest BCUT2D eigenvalue weighted by molar-refractivity contribution is 0.0527. The van der Waals surface area contributed by atoms with Crippen molar-refractivity contribution in [2.24, 2.45) is 0 Å². The van der Waals surface area contributed by atoms with E-state index >= 15 is 0 Å². The molecule has 6 heteroatoms. The fraction of sp³-hybridized carbons (Fsp3) is 0.600. The van der Waals surface area contributed by atoms with Gasteiger partial charge in [-0.25, -0.2) is 9.18 Å². The van der Waals surface area contributed by atoms with Crippen molar-refractivity contribution in [1.82, 2.24) is 15.6 Å². The molecule has 1 amide bonds. The number of rotatable bonds is 6. The third kappa shape index (κ3) is 7.60. The van der Waals surface area contributed by atoms with Crippen LogP contribution < -0.4 is 10.6 Å². The van der Waals surface area contributed by atoms with E-state index in [1.165, 1.54) is 12.3 Å². The highest BCUT2D eigenvalue weighted by molar-refractivity contribution is 5.67. The maximum Gasteiger partial charge on any atom is 0.407 e. The molecule has 5 nitrogen and oxygen atoms in total. The number of nitrogens with zero attached hydrogens (tertiary/aromatic N) is 1. The first-order valence-electron chi connectivity index (χ1n) is 7.08. The van der Waals surface area contributed by atoms with E-state index in [0.717, 1.165) is 12.0 Å². The molecule has 1 rings (SSSR count). The van der Waals surface area contributed by atoms with Crippen molar-refractivity contribution in [3.8, 4) is 0 Å². The maximum absolute atomic E-state index is 13.0. The minimum Gasteiger partial charge on any atom is -0.444 e. The molecule has 0 spiro atoms. The summed E-state index contributed by atoms with van der Waals surface area (Å²) < 4.78 is 18.2. The Kier molecular flexibility index (Phi) is 6.55. The van der Waals surface area contributed by atoms with E-state index in [1.807, 2.05) is 27.7 Å². The monoisotopic (exact) mass is 297 g/mol. The van der Waals surface area contributed by atoms with Gasteiger partial charge in [0.1, 0.15) is 11.4 Å². The molecule has 0 radical (unpaired) electrons. The molecule has 0 saturated carbocycles. The lowest BCUT2D eigenvalue weighted by Crippen LogP contribution is -2.34. The Morgan fingerprint density at radius 1 is 1.38 bits per heavy atom. The minimum atomic E-state index is -0.485. The van der Waals surface area contributed by atoms with Crippen LogP contribution in [-0.4, -0.2) is 29.8 Å². The van der Waals surface area contributed by atoms with Gasteiger partial charge < -0.3 is 15.4 Å². The molecule has 0 aliphatic rings. The van der Waals surface area contributed by atoms with Crippen molar-refractivity contribution in [3.05, 3.63) is 29.8 Å². The molecule has 1 aromatic rings. The van der Waals surface area contributed by atoms with Crippen LogP contribution in [0.15, 0.2) is 18.5 Å². The van der Waals surface area contributed by atoms with Crippen molar-refractivity contribution in [2.45, 2.75) is 45.8 Å². The van der Waals surface area contributed by atoms with Gasteiger partial charge in [-0.1, -0.05) is 0 Å². The van der Waals surface area contributed by atoms with Crippen LogP contribution in [0.25, 0.3) is 0 Å². The second-order valence-electron chi connectivity index (χ2n) is 5.89. The average molecular weight is 297 g/mol. The van der Waals surface area contributed by atoms with Gasteiger partial charge in [0.05, 0.1) is 6.20 Å². The molecule has 0 aliphatic carbocycles. The van der Waals surface area contributed by atoms with E-state index in [0.29, 0.717) is 13.1 Å². The Morgan fingerprint density at radius 3 is 2.71 bits per heavy atom. The Hall–Kier alpha value is -1.69. The largest absolute Gasteiger partial charge is 0.444 e. The summed E-state index contributed by atoms with van der Waals surface area (Å²) in [6.07, 6.45) is 3.16. The van der Waals surface area contributed by atoms with Crippen LogP contribution in [0.3, 0.4) is 0 Å². The zero-order chi connectivity index (χ0) is 15.9. The van der Waals surface area contributed by atoms with E-state index in [2.05, 4.69) is 15.6 Å². The van der Waals surface area contributed by atoms with Crippen LogP contribution in [-0.2, 0) is 4.74 Å². The number of aromatic nitrogens is 1. The summed E-state index contributed by atoms with van der Waals surface area (Å²) in [6, 6.07) is 1.47. The first kappa shape index (κ1) is 17.4. The van der Waals surface area contributed by atoms with Gasteiger partial charge in [-0.05, 0) is 52.3 Å². The number of alkyl carbamates (subject to hydrolysis) is 1. The van der Waals surface area contributed by atoms with Crippen LogP contribution in [0, 0.1) is 5.82 Å². The molecule has 0 aromatic carbocycles. The second kappa shape index (κ2) is 7.93. The lowest BCUT2D eigenvalue weighted by atomic mass is 10.1. The molecule has 1 atom stereocenters. The van der Waals surface area contributed by atoms with Gasteiger partial charge in [0.2, 0.25) is 0 Å². The number of ether oxygens (including phenoxy) is 1.